The number of carbonyl (C=O) groups is 2. The Labute approximate surface area is 115 Å². The van der Waals surface area contributed by atoms with Gasteiger partial charge in [0.2, 0.25) is 0 Å². The zero-order valence-corrected chi connectivity index (χ0v) is 10.6. The number of aliphatic hydroxyl groups excluding tert-OH is 2. The SMILES string of the molecule is O=C(O)/C=C\C(=O)O.OCC(O)C=Cc1ccccc1. The molecule has 1 atom stereocenters. The third-order valence-corrected chi connectivity index (χ3v) is 1.87. The lowest BCUT2D eigenvalue weighted by molar-refractivity contribution is -0.134. The van der Waals surface area contributed by atoms with Crippen molar-refractivity contribution in [1.29, 1.82) is 0 Å². The van der Waals surface area contributed by atoms with Crippen LogP contribution in [0.3, 0.4) is 0 Å². The number of aliphatic carboxylic acids is 2. The summed E-state index contributed by atoms with van der Waals surface area (Å²) in [4.78, 5) is 19.1. The summed E-state index contributed by atoms with van der Waals surface area (Å²) in [5, 5.41) is 33.1. The maximum absolute atomic E-state index is 9.55. The molecule has 0 aliphatic rings. The van der Waals surface area contributed by atoms with Crippen LogP contribution in [0.15, 0.2) is 48.6 Å². The first kappa shape index (κ1) is 17.6. The van der Waals surface area contributed by atoms with E-state index >= 15 is 0 Å². The molecule has 20 heavy (non-hydrogen) atoms. The lowest BCUT2D eigenvalue weighted by Crippen LogP contribution is -2.06. The van der Waals surface area contributed by atoms with Gasteiger partial charge in [-0.05, 0) is 5.56 Å². The maximum atomic E-state index is 9.55. The van der Waals surface area contributed by atoms with Crippen LogP contribution in [0.1, 0.15) is 5.56 Å². The monoisotopic (exact) mass is 280 g/mol. The average Bonchev–Trinajstić information content (AvgIpc) is 2.44. The Balaban J connectivity index is 0.000000396. The predicted octanol–water partition coefficient (Wildman–Crippen LogP) is 0.765. The number of carboxylic acids is 2. The summed E-state index contributed by atoms with van der Waals surface area (Å²) in [6.45, 7) is -0.233. The Morgan fingerprint density at radius 3 is 1.95 bits per heavy atom. The lowest BCUT2D eigenvalue weighted by Gasteiger charge is -1.97. The molecule has 0 saturated carbocycles. The predicted molar refractivity (Wildman–Crippen MR) is 73.0 cm³/mol. The Morgan fingerprint density at radius 1 is 1.05 bits per heavy atom. The van der Waals surface area contributed by atoms with Gasteiger partial charge in [-0.3, -0.25) is 0 Å². The first-order valence-electron chi connectivity index (χ1n) is 5.61. The second-order valence-electron chi connectivity index (χ2n) is 3.53. The number of hydrogen-bond donors (Lipinski definition) is 4. The van der Waals surface area contributed by atoms with Gasteiger partial charge < -0.3 is 20.4 Å². The molecule has 108 valence electrons. The Bertz CT molecular complexity index is 448. The molecule has 0 aliphatic carbocycles. The van der Waals surface area contributed by atoms with Crippen LogP contribution < -0.4 is 0 Å². The quantitative estimate of drug-likeness (QED) is 0.592. The van der Waals surface area contributed by atoms with Gasteiger partial charge in [0.25, 0.3) is 0 Å². The lowest BCUT2D eigenvalue weighted by atomic mass is 10.2. The molecule has 4 N–H and O–H groups in total. The number of benzene rings is 1. The Kier molecular flexibility index (Phi) is 9.20. The fourth-order valence-electron chi connectivity index (χ4n) is 0.990. The van der Waals surface area contributed by atoms with Gasteiger partial charge in [0.15, 0.2) is 0 Å². The van der Waals surface area contributed by atoms with E-state index in [-0.39, 0.29) is 6.61 Å². The van der Waals surface area contributed by atoms with Crippen LogP contribution in [0.25, 0.3) is 6.08 Å². The molecule has 0 fully saturated rings. The summed E-state index contributed by atoms with van der Waals surface area (Å²) in [6, 6.07) is 9.64. The second kappa shape index (κ2) is 10.5. The van der Waals surface area contributed by atoms with Crippen LogP contribution in [-0.4, -0.2) is 45.1 Å². The van der Waals surface area contributed by atoms with E-state index in [1.165, 1.54) is 0 Å². The Hall–Kier alpha value is -2.44. The first-order valence-corrected chi connectivity index (χ1v) is 5.61. The highest BCUT2D eigenvalue weighted by molar-refractivity contribution is 5.89. The Morgan fingerprint density at radius 2 is 1.55 bits per heavy atom. The van der Waals surface area contributed by atoms with Gasteiger partial charge in [0, 0.05) is 12.2 Å². The van der Waals surface area contributed by atoms with Gasteiger partial charge >= 0.3 is 11.9 Å². The van der Waals surface area contributed by atoms with Crippen molar-refractivity contribution in [2.24, 2.45) is 0 Å². The fraction of sp³-hybridized carbons (Fsp3) is 0.143. The molecule has 1 aromatic rings. The molecule has 1 unspecified atom stereocenters. The van der Waals surface area contributed by atoms with Crippen molar-refractivity contribution in [2.45, 2.75) is 6.10 Å². The average molecular weight is 280 g/mol. The van der Waals surface area contributed by atoms with Crippen LogP contribution in [0.5, 0.6) is 0 Å². The minimum atomic E-state index is -1.26. The molecule has 0 aromatic heterocycles. The van der Waals surface area contributed by atoms with Gasteiger partial charge in [-0.1, -0.05) is 42.5 Å². The molecule has 0 aliphatic heterocycles. The van der Waals surface area contributed by atoms with E-state index in [0.717, 1.165) is 5.56 Å². The van der Waals surface area contributed by atoms with Crippen LogP contribution in [-0.2, 0) is 9.59 Å². The minimum absolute atomic E-state index is 0.233. The zero-order valence-electron chi connectivity index (χ0n) is 10.6. The van der Waals surface area contributed by atoms with Gasteiger partial charge in [0.05, 0.1) is 12.7 Å². The van der Waals surface area contributed by atoms with Crippen LogP contribution in [0.4, 0.5) is 0 Å². The highest BCUT2D eigenvalue weighted by Gasteiger charge is 1.92. The van der Waals surface area contributed by atoms with E-state index in [2.05, 4.69) is 0 Å². The molecule has 0 saturated heterocycles. The molecule has 0 bridgehead atoms. The van der Waals surface area contributed by atoms with E-state index in [1.54, 1.807) is 12.2 Å². The topological polar surface area (TPSA) is 115 Å². The largest absolute Gasteiger partial charge is 0.478 e. The summed E-state index contributed by atoms with van der Waals surface area (Å²) in [6.07, 6.45) is 3.70. The maximum Gasteiger partial charge on any atom is 0.328 e. The molecule has 0 radical (unpaired) electrons. The van der Waals surface area contributed by atoms with Crippen molar-refractivity contribution < 1.29 is 30.0 Å². The number of carboxylic acid groups (broad SMARTS) is 2. The second-order valence-corrected chi connectivity index (χ2v) is 3.53. The summed E-state index contributed by atoms with van der Waals surface area (Å²) in [5.74, 6) is -2.51. The van der Waals surface area contributed by atoms with Crippen molar-refractivity contribution in [3.8, 4) is 0 Å². The van der Waals surface area contributed by atoms with Gasteiger partial charge in [0.1, 0.15) is 0 Å². The summed E-state index contributed by atoms with van der Waals surface area (Å²) in [7, 11) is 0. The molecule has 6 heteroatoms. The van der Waals surface area contributed by atoms with E-state index in [1.807, 2.05) is 30.3 Å². The summed E-state index contributed by atoms with van der Waals surface area (Å²) < 4.78 is 0. The molecule has 1 aromatic carbocycles. The van der Waals surface area contributed by atoms with Crippen molar-refractivity contribution >= 4 is 18.0 Å². The van der Waals surface area contributed by atoms with Crippen LogP contribution in [0.2, 0.25) is 0 Å². The summed E-state index contributed by atoms with van der Waals surface area (Å²) in [5.41, 5.74) is 1.02. The number of hydrogen-bond acceptors (Lipinski definition) is 4. The normalized spacial score (nSPS) is 11.9. The van der Waals surface area contributed by atoms with Crippen LogP contribution in [0, 0.1) is 0 Å². The van der Waals surface area contributed by atoms with Crippen molar-refractivity contribution in [3.63, 3.8) is 0 Å². The van der Waals surface area contributed by atoms with Crippen LogP contribution >= 0.6 is 0 Å². The zero-order chi connectivity index (χ0) is 15.4. The third-order valence-electron chi connectivity index (χ3n) is 1.87. The number of aliphatic hydroxyl groups is 2. The third kappa shape index (κ3) is 10.7. The highest BCUT2D eigenvalue weighted by atomic mass is 16.4. The molecule has 1 rings (SSSR count). The molecular weight excluding hydrogens is 264 g/mol. The van der Waals surface area contributed by atoms with Crippen molar-refractivity contribution in [1.82, 2.24) is 0 Å². The smallest absolute Gasteiger partial charge is 0.328 e. The van der Waals surface area contributed by atoms with Crippen molar-refractivity contribution in [3.05, 3.63) is 54.1 Å². The minimum Gasteiger partial charge on any atom is -0.478 e. The first-order chi connectivity index (χ1) is 9.45. The highest BCUT2D eigenvalue weighted by Crippen LogP contribution is 2.01. The van der Waals surface area contributed by atoms with Gasteiger partial charge in [-0.2, -0.15) is 0 Å². The molecular formula is C14H16O6. The van der Waals surface area contributed by atoms with Gasteiger partial charge in [-0.15, -0.1) is 0 Å². The van der Waals surface area contributed by atoms with Gasteiger partial charge in [-0.25, -0.2) is 9.59 Å². The standard InChI is InChI=1S/C10H12O2.C4H4O4/c11-8-10(12)7-6-9-4-2-1-3-5-9;5-3(6)1-2-4(7)8/h1-7,10-12H,8H2;1-2H,(H,5,6)(H,7,8)/b;2-1-. The van der Waals surface area contributed by atoms with E-state index in [4.69, 9.17) is 20.4 Å². The molecule has 6 nitrogen and oxygen atoms in total. The fourth-order valence-corrected chi connectivity index (χ4v) is 0.990. The van der Waals surface area contributed by atoms with E-state index in [0.29, 0.717) is 12.2 Å². The van der Waals surface area contributed by atoms with E-state index < -0.39 is 18.0 Å². The molecule has 0 amide bonds. The summed E-state index contributed by atoms with van der Waals surface area (Å²) >= 11 is 0. The van der Waals surface area contributed by atoms with E-state index in [9.17, 15) is 9.59 Å². The molecule has 0 spiro atoms. The molecule has 0 heterocycles. The number of rotatable bonds is 5. The van der Waals surface area contributed by atoms with Crippen molar-refractivity contribution in [2.75, 3.05) is 6.61 Å².